The normalized spacial score (nSPS) is 17.8. The van der Waals surface area contributed by atoms with Gasteiger partial charge in [-0.2, -0.15) is 0 Å². The summed E-state index contributed by atoms with van der Waals surface area (Å²) in [4.78, 5) is 33.6. The molecule has 0 bridgehead atoms. The molecule has 37 heavy (non-hydrogen) atoms. The van der Waals surface area contributed by atoms with Gasteiger partial charge in [-0.25, -0.2) is 0 Å². The van der Waals surface area contributed by atoms with Gasteiger partial charge in [0, 0.05) is 15.7 Å². The van der Waals surface area contributed by atoms with Crippen LogP contribution in [0.2, 0.25) is 0 Å². The van der Waals surface area contributed by atoms with E-state index in [4.69, 9.17) is 10.7 Å². The average Bonchev–Trinajstić information content (AvgIpc) is 3.18. The summed E-state index contributed by atoms with van der Waals surface area (Å²) < 4.78 is 0. The molecular formula is C31H45N3O2S. The van der Waals surface area contributed by atoms with Crippen molar-refractivity contribution in [3.8, 4) is 0 Å². The van der Waals surface area contributed by atoms with E-state index in [9.17, 15) is 9.59 Å². The number of benzene rings is 1. The lowest BCUT2D eigenvalue weighted by Gasteiger charge is -2.34. The molecule has 2 atom stereocenters. The van der Waals surface area contributed by atoms with Crippen LogP contribution in [-0.2, 0) is 4.79 Å². The van der Waals surface area contributed by atoms with Crippen LogP contribution in [0.1, 0.15) is 103 Å². The van der Waals surface area contributed by atoms with E-state index >= 15 is 0 Å². The topological polar surface area (TPSA) is 75.8 Å². The molecule has 0 aliphatic carbocycles. The van der Waals surface area contributed by atoms with Crippen molar-refractivity contribution in [1.29, 1.82) is 0 Å². The Kier molecular flexibility index (Phi) is 11.4. The second-order valence-corrected chi connectivity index (χ2v) is 12.3. The van der Waals surface area contributed by atoms with E-state index in [1.54, 1.807) is 30.0 Å². The fraction of sp³-hybridized carbons (Fsp3) is 0.516. The molecule has 1 aromatic carbocycles. The van der Waals surface area contributed by atoms with Gasteiger partial charge in [0.15, 0.2) is 0 Å². The molecule has 1 aromatic rings. The second-order valence-electron chi connectivity index (χ2n) is 10.6. The van der Waals surface area contributed by atoms with E-state index in [1.807, 2.05) is 17.0 Å². The number of hydrogen-bond donors (Lipinski definition) is 1. The molecule has 0 radical (unpaired) electrons. The molecule has 1 heterocycles. The van der Waals surface area contributed by atoms with Crippen LogP contribution in [0.15, 0.2) is 64.5 Å². The summed E-state index contributed by atoms with van der Waals surface area (Å²) in [6.45, 7) is 19.3. The Labute approximate surface area is 228 Å². The Morgan fingerprint density at radius 3 is 2.35 bits per heavy atom. The largest absolute Gasteiger partial charge is 0.366 e. The standard InChI is InChI=1S/C31H45N3O2S/c1-9-13-25(37-21(5)6)20-22(10-2)28-30(36)34(27(11-3)33-28)26(18-19-31(7,8)12-4)23-14-16-24(17-15-23)29(32)35/h11,13-17,20-21,26-27H,3,9-10,12,18-19H2,1-2,4-8H3,(H2,32,35)/b22-20+,25-13+. The number of primary amides is 1. The van der Waals surface area contributed by atoms with Crippen molar-refractivity contribution in [2.24, 2.45) is 16.1 Å². The maximum absolute atomic E-state index is 14.0. The zero-order chi connectivity index (χ0) is 27.8. The van der Waals surface area contributed by atoms with Crippen LogP contribution < -0.4 is 5.73 Å². The molecule has 2 N–H and O–H groups in total. The molecular weight excluding hydrogens is 478 g/mol. The highest BCUT2D eigenvalue weighted by Crippen LogP contribution is 2.38. The van der Waals surface area contributed by atoms with Crippen LogP contribution >= 0.6 is 11.8 Å². The van der Waals surface area contributed by atoms with Crippen molar-refractivity contribution in [3.63, 3.8) is 0 Å². The van der Waals surface area contributed by atoms with Gasteiger partial charge >= 0.3 is 0 Å². The molecule has 202 valence electrons. The number of nitrogens with zero attached hydrogens (tertiary/aromatic N) is 2. The van der Waals surface area contributed by atoms with E-state index in [1.165, 1.54) is 4.91 Å². The molecule has 0 fully saturated rings. The molecule has 1 aliphatic heterocycles. The third kappa shape index (κ3) is 8.19. The molecule has 0 saturated carbocycles. The highest BCUT2D eigenvalue weighted by Gasteiger charge is 2.39. The number of carbonyl (C=O) groups excluding carboxylic acids is 2. The van der Waals surface area contributed by atoms with Crippen molar-refractivity contribution in [2.45, 2.75) is 98.0 Å². The van der Waals surface area contributed by atoms with E-state index in [0.717, 1.165) is 36.8 Å². The van der Waals surface area contributed by atoms with Gasteiger partial charge in [0.2, 0.25) is 5.91 Å². The summed E-state index contributed by atoms with van der Waals surface area (Å²) in [6.07, 6.45) is 10.1. The number of carbonyl (C=O) groups is 2. The predicted octanol–water partition coefficient (Wildman–Crippen LogP) is 7.61. The van der Waals surface area contributed by atoms with Gasteiger partial charge in [0.1, 0.15) is 11.9 Å². The lowest BCUT2D eigenvalue weighted by Crippen LogP contribution is -2.39. The van der Waals surface area contributed by atoms with Gasteiger partial charge in [-0.05, 0) is 66.5 Å². The smallest absolute Gasteiger partial charge is 0.274 e. The number of nitrogens with two attached hydrogens (primary N) is 1. The third-order valence-electron chi connectivity index (χ3n) is 6.94. The van der Waals surface area contributed by atoms with Crippen LogP contribution in [0.3, 0.4) is 0 Å². The van der Waals surface area contributed by atoms with Crippen molar-refractivity contribution in [1.82, 2.24) is 4.90 Å². The molecule has 2 amide bonds. The van der Waals surface area contributed by atoms with Gasteiger partial charge in [-0.1, -0.05) is 79.7 Å². The zero-order valence-corrected chi connectivity index (χ0v) is 24.5. The van der Waals surface area contributed by atoms with Gasteiger partial charge in [-0.15, -0.1) is 11.8 Å². The quantitative estimate of drug-likeness (QED) is 0.201. The van der Waals surface area contributed by atoms with Gasteiger partial charge in [0.05, 0.1) is 6.04 Å². The Morgan fingerprint density at radius 2 is 1.86 bits per heavy atom. The summed E-state index contributed by atoms with van der Waals surface area (Å²) >= 11 is 1.80. The summed E-state index contributed by atoms with van der Waals surface area (Å²) in [7, 11) is 0. The summed E-state index contributed by atoms with van der Waals surface area (Å²) in [5, 5.41) is 0.445. The number of allylic oxidation sites excluding steroid dienone is 2. The van der Waals surface area contributed by atoms with E-state index < -0.39 is 12.1 Å². The lowest BCUT2D eigenvalue weighted by atomic mass is 9.82. The lowest BCUT2D eigenvalue weighted by molar-refractivity contribution is -0.126. The first-order valence-electron chi connectivity index (χ1n) is 13.5. The summed E-state index contributed by atoms with van der Waals surface area (Å²) in [6, 6.07) is 7.10. The molecule has 2 unspecified atom stereocenters. The predicted molar refractivity (Wildman–Crippen MR) is 159 cm³/mol. The van der Waals surface area contributed by atoms with Crippen LogP contribution in [0.25, 0.3) is 0 Å². The van der Waals surface area contributed by atoms with Gasteiger partial charge in [0.25, 0.3) is 5.91 Å². The second kappa shape index (κ2) is 13.8. The number of aliphatic imine (C=N–C) groups is 1. The molecule has 1 aliphatic rings. The number of hydrogen-bond acceptors (Lipinski definition) is 4. The van der Waals surface area contributed by atoms with E-state index in [2.05, 4.69) is 67.2 Å². The molecule has 0 spiro atoms. The highest BCUT2D eigenvalue weighted by molar-refractivity contribution is 8.03. The first-order valence-corrected chi connectivity index (χ1v) is 14.4. The first-order chi connectivity index (χ1) is 17.5. The molecule has 2 rings (SSSR count). The Morgan fingerprint density at radius 1 is 1.22 bits per heavy atom. The van der Waals surface area contributed by atoms with Crippen LogP contribution in [0, 0.1) is 5.41 Å². The zero-order valence-electron chi connectivity index (χ0n) is 23.7. The minimum atomic E-state index is -0.463. The SMILES string of the molecule is C=CC1N=C(/C(=C/C(=C\CC)SC(C)C)CC)C(=O)N1C(CCC(C)(C)CC)c1ccc(C(N)=O)cc1. The molecule has 0 saturated heterocycles. The number of amides is 2. The maximum atomic E-state index is 14.0. The van der Waals surface area contributed by atoms with Crippen LogP contribution in [0.5, 0.6) is 0 Å². The molecule has 5 nitrogen and oxygen atoms in total. The van der Waals surface area contributed by atoms with Gasteiger partial charge in [-0.3, -0.25) is 14.6 Å². The van der Waals surface area contributed by atoms with Crippen LogP contribution in [-0.4, -0.2) is 33.8 Å². The van der Waals surface area contributed by atoms with Crippen LogP contribution in [0.4, 0.5) is 0 Å². The summed E-state index contributed by atoms with van der Waals surface area (Å²) in [5.74, 6) is -0.531. The van der Waals surface area contributed by atoms with E-state index in [-0.39, 0.29) is 17.4 Å². The number of rotatable bonds is 14. The van der Waals surface area contributed by atoms with Crippen molar-refractivity contribution in [2.75, 3.05) is 0 Å². The fourth-order valence-corrected chi connectivity index (χ4v) is 5.39. The maximum Gasteiger partial charge on any atom is 0.274 e. The van der Waals surface area contributed by atoms with Gasteiger partial charge < -0.3 is 10.6 Å². The first kappa shape index (κ1) is 30.6. The molecule has 0 aromatic heterocycles. The minimum absolute atomic E-state index is 0.0679. The Balaban J connectivity index is 2.51. The molecule has 6 heteroatoms. The Bertz CT molecular complexity index is 1050. The summed E-state index contributed by atoms with van der Waals surface area (Å²) in [5.41, 5.74) is 8.51. The number of thioether (sulfide) groups is 1. The minimum Gasteiger partial charge on any atom is -0.366 e. The van der Waals surface area contributed by atoms with Crippen molar-refractivity contribution >= 4 is 29.3 Å². The monoisotopic (exact) mass is 523 g/mol. The third-order valence-corrected chi connectivity index (χ3v) is 7.97. The van der Waals surface area contributed by atoms with Crippen molar-refractivity contribution in [3.05, 3.63) is 70.7 Å². The van der Waals surface area contributed by atoms with Crippen molar-refractivity contribution < 1.29 is 9.59 Å². The average molecular weight is 524 g/mol. The Hall–Kier alpha value is -2.60. The fourth-order valence-electron chi connectivity index (χ4n) is 4.37. The highest BCUT2D eigenvalue weighted by atomic mass is 32.2. The van der Waals surface area contributed by atoms with E-state index in [0.29, 0.717) is 22.9 Å².